The largest absolute Gasteiger partial charge is 0.320 e. The highest BCUT2D eigenvalue weighted by atomic mass is 127. The number of nitriles is 1. The lowest BCUT2D eigenvalue weighted by Gasteiger charge is -2.06. The average molecular weight is 419 g/mol. The maximum Gasteiger partial charge on any atom is 0.270 e. The Morgan fingerprint density at radius 3 is 2.65 bits per heavy atom. The fourth-order valence-corrected chi connectivity index (χ4v) is 2.32. The number of halogens is 1. The number of anilines is 1. The molecule has 0 spiro atoms. The van der Waals surface area contributed by atoms with E-state index in [0.717, 1.165) is 3.57 Å². The standard InChI is InChI=1S/C16H10IN3O3/c17-14-6-1-2-7-15(14)19-16(21)12(10-18)8-11-4-3-5-13(9-11)20(22)23/h1-9H,(H,19,21). The van der Waals surface area contributed by atoms with Gasteiger partial charge in [0.1, 0.15) is 11.6 Å². The molecule has 0 aliphatic heterocycles. The molecule has 0 saturated heterocycles. The first-order valence-electron chi connectivity index (χ1n) is 6.43. The third-order valence-corrected chi connectivity index (χ3v) is 3.82. The molecule has 0 aromatic heterocycles. The molecule has 0 unspecified atom stereocenters. The number of hydrogen-bond donors (Lipinski definition) is 1. The van der Waals surface area contributed by atoms with Crippen molar-refractivity contribution < 1.29 is 9.72 Å². The van der Waals surface area contributed by atoms with Gasteiger partial charge < -0.3 is 5.32 Å². The minimum absolute atomic E-state index is 0.103. The Morgan fingerprint density at radius 1 is 1.26 bits per heavy atom. The Morgan fingerprint density at radius 2 is 2.00 bits per heavy atom. The third kappa shape index (κ3) is 4.37. The molecule has 1 amide bonds. The molecule has 2 aromatic rings. The summed E-state index contributed by atoms with van der Waals surface area (Å²) in [5.74, 6) is -0.567. The van der Waals surface area contributed by atoms with Crippen LogP contribution in [0.15, 0.2) is 54.1 Å². The lowest BCUT2D eigenvalue weighted by Crippen LogP contribution is -2.14. The minimum Gasteiger partial charge on any atom is -0.320 e. The zero-order chi connectivity index (χ0) is 16.8. The van der Waals surface area contributed by atoms with Crippen LogP contribution >= 0.6 is 22.6 Å². The van der Waals surface area contributed by atoms with Gasteiger partial charge in [-0.2, -0.15) is 5.26 Å². The first kappa shape index (κ1) is 16.6. The number of rotatable bonds is 4. The molecule has 0 aliphatic carbocycles. The van der Waals surface area contributed by atoms with Gasteiger partial charge in [0.2, 0.25) is 0 Å². The van der Waals surface area contributed by atoms with E-state index in [2.05, 4.69) is 27.9 Å². The summed E-state index contributed by atoms with van der Waals surface area (Å²) in [6, 6.07) is 14.7. The zero-order valence-electron chi connectivity index (χ0n) is 11.7. The summed E-state index contributed by atoms with van der Waals surface area (Å²) >= 11 is 2.07. The lowest BCUT2D eigenvalue weighted by atomic mass is 10.1. The molecule has 0 aliphatic rings. The van der Waals surface area contributed by atoms with Gasteiger partial charge in [-0.25, -0.2) is 0 Å². The van der Waals surface area contributed by atoms with E-state index in [4.69, 9.17) is 5.26 Å². The highest BCUT2D eigenvalue weighted by Crippen LogP contribution is 2.19. The van der Waals surface area contributed by atoms with Crippen LogP contribution in [-0.4, -0.2) is 10.8 Å². The normalized spacial score (nSPS) is 10.7. The summed E-state index contributed by atoms with van der Waals surface area (Å²) in [7, 11) is 0. The second-order valence-corrected chi connectivity index (χ2v) is 5.62. The predicted octanol–water partition coefficient (Wildman–Crippen LogP) is 3.75. The summed E-state index contributed by atoms with van der Waals surface area (Å²) in [6.07, 6.45) is 1.32. The van der Waals surface area contributed by atoms with Gasteiger partial charge in [0.15, 0.2) is 0 Å². The number of nitrogens with one attached hydrogen (secondary N) is 1. The van der Waals surface area contributed by atoms with E-state index in [1.807, 2.05) is 18.2 Å². The number of nitro groups is 1. The number of para-hydroxylation sites is 1. The highest BCUT2D eigenvalue weighted by Gasteiger charge is 2.12. The smallest absolute Gasteiger partial charge is 0.270 e. The van der Waals surface area contributed by atoms with Crippen molar-refractivity contribution in [2.75, 3.05) is 5.32 Å². The van der Waals surface area contributed by atoms with Crippen molar-refractivity contribution in [2.24, 2.45) is 0 Å². The van der Waals surface area contributed by atoms with E-state index in [0.29, 0.717) is 11.3 Å². The van der Waals surface area contributed by atoms with Crippen LogP contribution in [0.2, 0.25) is 0 Å². The van der Waals surface area contributed by atoms with E-state index in [1.165, 1.54) is 24.3 Å². The monoisotopic (exact) mass is 419 g/mol. The Kier molecular flexibility index (Phi) is 5.43. The molecule has 1 N–H and O–H groups in total. The van der Waals surface area contributed by atoms with Crippen molar-refractivity contribution in [3.05, 3.63) is 73.4 Å². The number of nitrogens with zero attached hydrogens (tertiary/aromatic N) is 2. The van der Waals surface area contributed by atoms with E-state index in [1.54, 1.807) is 18.2 Å². The van der Waals surface area contributed by atoms with Crippen LogP contribution < -0.4 is 5.32 Å². The number of benzene rings is 2. The summed E-state index contributed by atoms with van der Waals surface area (Å²) in [5, 5.41) is 22.6. The first-order valence-corrected chi connectivity index (χ1v) is 7.51. The second-order valence-electron chi connectivity index (χ2n) is 4.46. The van der Waals surface area contributed by atoms with E-state index < -0.39 is 10.8 Å². The van der Waals surface area contributed by atoms with Crippen molar-refractivity contribution in [1.29, 1.82) is 5.26 Å². The highest BCUT2D eigenvalue weighted by molar-refractivity contribution is 14.1. The van der Waals surface area contributed by atoms with Gasteiger partial charge in [-0.15, -0.1) is 0 Å². The predicted molar refractivity (Wildman–Crippen MR) is 94.5 cm³/mol. The molecule has 6 nitrogen and oxygen atoms in total. The molecule has 0 saturated carbocycles. The van der Waals surface area contributed by atoms with Crippen LogP contribution in [0.5, 0.6) is 0 Å². The fraction of sp³-hybridized carbons (Fsp3) is 0. The quantitative estimate of drug-likeness (QED) is 0.269. The maximum absolute atomic E-state index is 12.2. The summed E-state index contributed by atoms with van der Waals surface area (Å²) in [5.41, 5.74) is 0.770. The van der Waals surface area contributed by atoms with Gasteiger partial charge in [-0.3, -0.25) is 14.9 Å². The Labute approximate surface area is 145 Å². The van der Waals surface area contributed by atoms with Crippen molar-refractivity contribution in [3.63, 3.8) is 0 Å². The van der Waals surface area contributed by atoms with Crippen molar-refractivity contribution in [3.8, 4) is 6.07 Å². The summed E-state index contributed by atoms with van der Waals surface area (Å²) < 4.78 is 0.839. The van der Waals surface area contributed by atoms with E-state index >= 15 is 0 Å². The number of carbonyl (C=O) groups excluding carboxylic acids is 1. The number of carbonyl (C=O) groups is 1. The molecular formula is C16H10IN3O3. The van der Waals surface area contributed by atoms with Crippen LogP contribution in [0.4, 0.5) is 11.4 Å². The molecule has 0 radical (unpaired) electrons. The van der Waals surface area contributed by atoms with E-state index in [9.17, 15) is 14.9 Å². The molecule has 23 heavy (non-hydrogen) atoms. The lowest BCUT2D eigenvalue weighted by molar-refractivity contribution is -0.384. The van der Waals surface area contributed by atoms with Crippen LogP contribution in [0.25, 0.3) is 6.08 Å². The van der Waals surface area contributed by atoms with Crippen LogP contribution in [-0.2, 0) is 4.79 Å². The molecule has 0 bridgehead atoms. The molecule has 2 aromatic carbocycles. The van der Waals surface area contributed by atoms with Crippen molar-refractivity contribution >= 4 is 45.9 Å². The first-order chi connectivity index (χ1) is 11.0. The van der Waals surface area contributed by atoms with Crippen LogP contribution in [0, 0.1) is 25.0 Å². The zero-order valence-corrected chi connectivity index (χ0v) is 13.9. The molecular weight excluding hydrogens is 409 g/mol. The number of amides is 1. The van der Waals surface area contributed by atoms with Gasteiger partial charge in [-0.1, -0.05) is 24.3 Å². The molecule has 0 fully saturated rings. The topological polar surface area (TPSA) is 96.0 Å². The summed E-state index contributed by atoms with van der Waals surface area (Å²) in [6.45, 7) is 0. The third-order valence-electron chi connectivity index (χ3n) is 2.88. The SMILES string of the molecule is N#CC(=Cc1cccc([N+](=O)[O-])c1)C(=O)Nc1ccccc1I. The van der Waals surface area contributed by atoms with Crippen molar-refractivity contribution in [1.82, 2.24) is 0 Å². The molecule has 0 heterocycles. The second kappa shape index (κ2) is 7.51. The number of non-ortho nitro benzene ring substituents is 1. The molecule has 7 heteroatoms. The molecule has 2 rings (SSSR count). The fourth-order valence-electron chi connectivity index (χ4n) is 1.80. The molecule has 0 atom stereocenters. The van der Waals surface area contributed by atoms with Crippen LogP contribution in [0.3, 0.4) is 0 Å². The van der Waals surface area contributed by atoms with Gasteiger partial charge in [0.25, 0.3) is 11.6 Å². The average Bonchev–Trinajstić information content (AvgIpc) is 2.55. The maximum atomic E-state index is 12.2. The number of nitro benzene ring substituents is 1. The Bertz CT molecular complexity index is 840. The van der Waals surface area contributed by atoms with Gasteiger partial charge in [0, 0.05) is 15.7 Å². The van der Waals surface area contributed by atoms with Crippen LogP contribution in [0.1, 0.15) is 5.56 Å². The molecule has 114 valence electrons. The Balaban J connectivity index is 2.27. The Hall–Kier alpha value is -2.73. The minimum atomic E-state index is -0.567. The van der Waals surface area contributed by atoms with Gasteiger partial charge in [-0.05, 0) is 46.4 Å². The van der Waals surface area contributed by atoms with Crippen molar-refractivity contribution in [2.45, 2.75) is 0 Å². The van der Waals surface area contributed by atoms with E-state index in [-0.39, 0.29) is 11.3 Å². The van der Waals surface area contributed by atoms with Gasteiger partial charge >= 0.3 is 0 Å². The van der Waals surface area contributed by atoms with Gasteiger partial charge in [0.05, 0.1) is 10.6 Å². The number of hydrogen-bond acceptors (Lipinski definition) is 4. The summed E-state index contributed by atoms with van der Waals surface area (Å²) in [4.78, 5) is 22.4.